The number of aliphatic hydroxyl groups is 1. The van der Waals surface area contributed by atoms with Crippen LogP contribution in [0.1, 0.15) is 13.3 Å². The van der Waals surface area contributed by atoms with Gasteiger partial charge in [-0.2, -0.15) is 0 Å². The topological polar surface area (TPSA) is 133 Å². The standard InChI is InChI=1S/C10H17N3O5/c1-5(11)10(18)13-4-6(14)2-7(13)9(17)12-3-8(15)16/h5-7,14H,2-4,11H2,1H3,(H,12,17)(H,15,16)/t5-,6+,7-/m0/s1. The Morgan fingerprint density at radius 1 is 1.50 bits per heavy atom. The van der Waals surface area contributed by atoms with Crippen molar-refractivity contribution in [2.45, 2.75) is 31.5 Å². The average Bonchev–Trinajstić information content (AvgIpc) is 2.66. The highest BCUT2D eigenvalue weighted by Gasteiger charge is 2.39. The number of likely N-dealkylation sites (tertiary alicyclic amines) is 1. The molecule has 3 atom stereocenters. The van der Waals surface area contributed by atoms with Gasteiger partial charge in [-0.1, -0.05) is 0 Å². The molecule has 18 heavy (non-hydrogen) atoms. The van der Waals surface area contributed by atoms with E-state index in [4.69, 9.17) is 10.8 Å². The average molecular weight is 259 g/mol. The van der Waals surface area contributed by atoms with Crippen LogP contribution >= 0.6 is 0 Å². The fourth-order valence-electron chi connectivity index (χ4n) is 1.85. The van der Waals surface area contributed by atoms with E-state index in [1.807, 2.05) is 0 Å². The van der Waals surface area contributed by atoms with Crippen LogP contribution in [0.5, 0.6) is 0 Å². The van der Waals surface area contributed by atoms with Gasteiger partial charge in [0, 0.05) is 13.0 Å². The van der Waals surface area contributed by atoms with Crippen LogP contribution < -0.4 is 11.1 Å². The molecule has 8 nitrogen and oxygen atoms in total. The van der Waals surface area contributed by atoms with Crippen molar-refractivity contribution >= 4 is 17.8 Å². The third-order valence-electron chi connectivity index (χ3n) is 2.67. The van der Waals surface area contributed by atoms with Crippen LogP contribution in [-0.2, 0) is 14.4 Å². The molecule has 0 saturated carbocycles. The minimum Gasteiger partial charge on any atom is -0.480 e. The summed E-state index contributed by atoms with van der Waals surface area (Å²) in [7, 11) is 0. The summed E-state index contributed by atoms with van der Waals surface area (Å²) in [6.45, 7) is 0.996. The van der Waals surface area contributed by atoms with Gasteiger partial charge in [0.1, 0.15) is 12.6 Å². The molecule has 102 valence electrons. The zero-order valence-corrected chi connectivity index (χ0v) is 10.00. The Bertz CT molecular complexity index is 357. The Labute approximate surface area is 104 Å². The lowest BCUT2D eigenvalue weighted by atomic mass is 10.1. The van der Waals surface area contributed by atoms with Gasteiger partial charge in [0.25, 0.3) is 0 Å². The van der Waals surface area contributed by atoms with E-state index in [0.29, 0.717) is 0 Å². The number of aliphatic hydroxyl groups excluding tert-OH is 1. The zero-order valence-electron chi connectivity index (χ0n) is 10.00. The number of nitrogens with one attached hydrogen (secondary N) is 1. The van der Waals surface area contributed by atoms with Gasteiger partial charge in [0.15, 0.2) is 0 Å². The van der Waals surface area contributed by atoms with Crippen LogP contribution in [0, 0.1) is 0 Å². The molecule has 0 bridgehead atoms. The molecule has 1 fully saturated rings. The van der Waals surface area contributed by atoms with Gasteiger partial charge in [0.2, 0.25) is 11.8 Å². The number of carbonyl (C=O) groups is 3. The maximum atomic E-state index is 11.7. The number of carboxylic acids is 1. The minimum atomic E-state index is -1.17. The molecule has 8 heteroatoms. The monoisotopic (exact) mass is 259 g/mol. The number of carboxylic acid groups (broad SMARTS) is 1. The minimum absolute atomic E-state index is 0.0333. The molecule has 2 amide bonds. The number of hydrogen-bond acceptors (Lipinski definition) is 5. The largest absolute Gasteiger partial charge is 0.480 e. The lowest BCUT2D eigenvalue weighted by Gasteiger charge is -2.24. The lowest BCUT2D eigenvalue weighted by Crippen LogP contribution is -2.51. The molecular weight excluding hydrogens is 242 g/mol. The second kappa shape index (κ2) is 5.78. The van der Waals surface area contributed by atoms with E-state index < -0.39 is 42.5 Å². The molecule has 1 aliphatic rings. The SMILES string of the molecule is C[C@H](N)C(=O)N1C[C@H](O)C[C@H]1C(=O)NCC(=O)O. The van der Waals surface area contributed by atoms with Crippen molar-refractivity contribution in [1.82, 2.24) is 10.2 Å². The van der Waals surface area contributed by atoms with Crippen LogP contribution in [0.3, 0.4) is 0 Å². The predicted octanol–water partition coefficient (Wildman–Crippen LogP) is -2.50. The summed E-state index contributed by atoms with van der Waals surface area (Å²) in [5.74, 6) is -2.21. The van der Waals surface area contributed by atoms with Gasteiger partial charge in [-0.3, -0.25) is 14.4 Å². The molecule has 1 heterocycles. The third kappa shape index (κ3) is 3.41. The zero-order chi connectivity index (χ0) is 13.9. The number of nitrogens with two attached hydrogens (primary N) is 1. The highest BCUT2D eigenvalue weighted by molar-refractivity contribution is 5.91. The number of hydrogen-bond donors (Lipinski definition) is 4. The summed E-state index contributed by atoms with van der Waals surface area (Å²) in [6.07, 6.45) is -0.711. The van der Waals surface area contributed by atoms with Crippen LogP contribution in [0.2, 0.25) is 0 Å². The van der Waals surface area contributed by atoms with Crippen molar-refractivity contribution in [3.63, 3.8) is 0 Å². The summed E-state index contributed by atoms with van der Waals surface area (Å²) in [6, 6.07) is -1.64. The fourth-order valence-corrected chi connectivity index (χ4v) is 1.85. The Kier molecular flexibility index (Phi) is 4.62. The van der Waals surface area contributed by atoms with Crippen LogP contribution in [0.25, 0.3) is 0 Å². The molecule has 1 saturated heterocycles. The summed E-state index contributed by atoms with van der Waals surface area (Å²) < 4.78 is 0. The van der Waals surface area contributed by atoms with E-state index in [-0.39, 0.29) is 13.0 Å². The lowest BCUT2D eigenvalue weighted by molar-refractivity contribution is -0.141. The van der Waals surface area contributed by atoms with Crippen LogP contribution in [-0.4, -0.2) is 64.2 Å². The summed E-state index contributed by atoms with van der Waals surface area (Å²) in [5, 5.41) is 20.1. The van der Waals surface area contributed by atoms with E-state index in [0.717, 1.165) is 0 Å². The summed E-state index contributed by atoms with van der Waals surface area (Å²) in [4.78, 5) is 35.0. The van der Waals surface area contributed by atoms with E-state index in [2.05, 4.69) is 5.32 Å². The molecule has 0 aromatic rings. The van der Waals surface area contributed by atoms with Gasteiger partial charge >= 0.3 is 5.97 Å². The Morgan fingerprint density at radius 2 is 2.11 bits per heavy atom. The van der Waals surface area contributed by atoms with Crippen molar-refractivity contribution in [3.05, 3.63) is 0 Å². The number of aliphatic carboxylic acids is 1. The van der Waals surface area contributed by atoms with E-state index in [1.165, 1.54) is 11.8 Å². The Morgan fingerprint density at radius 3 is 2.61 bits per heavy atom. The Hall–Kier alpha value is -1.67. The third-order valence-corrected chi connectivity index (χ3v) is 2.67. The van der Waals surface area contributed by atoms with Crippen molar-refractivity contribution in [2.75, 3.05) is 13.1 Å². The van der Waals surface area contributed by atoms with Crippen molar-refractivity contribution in [3.8, 4) is 0 Å². The molecule has 0 aromatic carbocycles. The second-order valence-corrected chi connectivity index (χ2v) is 4.30. The molecule has 0 aliphatic carbocycles. The predicted molar refractivity (Wildman–Crippen MR) is 60.4 cm³/mol. The Balaban J connectivity index is 2.69. The van der Waals surface area contributed by atoms with Gasteiger partial charge in [-0.25, -0.2) is 0 Å². The second-order valence-electron chi connectivity index (χ2n) is 4.30. The molecule has 5 N–H and O–H groups in total. The van der Waals surface area contributed by atoms with Gasteiger partial charge in [-0.05, 0) is 6.92 Å². The van der Waals surface area contributed by atoms with Crippen molar-refractivity contribution in [1.29, 1.82) is 0 Å². The molecular formula is C10H17N3O5. The fraction of sp³-hybridized carbons (Fsp3) is 0.700. The number of nitrogens with zero attached hydrogens (tertiary/aromatic N) is 1. The van der Waals surface area contributed by atoms with Crippen LogP contribution in [0.4, 0.5) is 0 Å². The number of β-amino-alcohol motifs (C(OH)–C–C–N with tert-alkyl or cyclic N) is 1. The van der Waals surface area contributed by atoms with E-state index in [9.17, 15) is 19.5 Å². The van der Waals surface area contributed by atoms with Gasteiger partial charge in [0.05, 0.1) is 12.1 Å². The van der Waals surface area contributed by atoms with Crippen LogP contribution in [0.15, 0.2) is 0 Å². The first kappa shape index (κ1) is 14.4. The number of amides is 2. The highest BCUT2D eigenvalue weighted by atomic mass is 16.4. The molecule has 0 radical (unpaired) electrons. The van der Waals surface area contributed by atoms with Crippen molar-refractivity contribution < 1.29 is 24.6 Å². The maximum Gasteiger partial charge on any atom is 0.322 e. The summed E-state index contributed by atoms with van der Waals surface area (Å²) >= 11 is 0. The number of carbonyl (C=O) groups excluding carboxylic acids is 2. The highest BCUT2D eigenvalue weighted by Crippen LogP contribution is 2.18. The normalized spacial score (nSPS) is 24.7. The first-order chi connectivity index (χ1) is 8.32. The smallest absolute Gasteiger partial charge is 0.322 e. The molecule has 1 aliphatic heterocycles. The molecule has 1 rings (SSSR count). The summed E-state index contributed by atoms with van der Waals surface area (Å²) in [5.41, 5.74) is 5.45. The van der Waals surface area contributed by atoms with E-state index >= 15 is 0 Å². The van der Waals surface area contributed by atoms with Gasteiger partial charge < -0.3 is 26.2 Å². The quantitative estimate of drug-likeness (QED) is 0.441. The number of rotatable bonds is 4. The maximum absolute atomic E-state index is 11.7. The molecule has 0 unspecified atom stereocenters. The van der Waals surface area contributed by atoms with Gasteiger partial charge in [-0.15, -0.1) is 0 Å². The van der Waals surface area contributed by atoms with Crippen molar-refractivity contribution in [2.24, 2.45) is 5.73 Å². The first-order valence-corrected chi connectivity index (χ1v) is 5.56. The van der Waals surface area contributed by atoms with E-state index in [1.54, 1.807) is 0 Å². The molecule has 0 aromatic heterocycles. The first-order valence-electron chi connectivity index (χ1n) is 5.56. The molecule has 0 spiro atoms.